The molecular weight excluding hydrogens is 1550 g/mol. The highest BCUT2D eigenvalue weighted by Gasteiger charge is 2.12. The summed E-state index contributed by atoms with van der Waals surface area (Å²) < 4.78 is 11.5. The number of para-hydroxylation sites is 3. The second kappa shape index (κ2) is 39.8. The summed E-state index contributed by atoms with van der Waals surface area (Å²) in [7, 11) is 0. The summed E-state index contributed by atoms with van der Waals surface area (Å²) >= 11 is 0. The molecule has 22 aromatic carbocycles. The molecule has 2 aromatic heterocycles. The molecule has 2 heteroatoms. The highest BCUT2D eigenvalue weighted by molar-refractivity contribution is 6.10. The molecule has 0 saturated heterocycles. The molecule has 0 unspecified atom stereocenters. The van der Waals surface area contributed by atoms with E-state index in [-0.39, 0.29) is 0 Å². The van der Waals surface area contributed by atoms with Crippen LogP contribution in [0.2, 0.25) is 0 Å². The van der Waals surface area contributed by atoms with Crippen molar-refractivity contribution in [2.45, 2.75) is 55.4 Å². The summed E-state index contributed by atoms with van der Waals surface area (Å²) in [6.07, 6.45) is 0. The lowest BCUT2D eigenvalue weighted by Crippen LogP contribution is -1.84. The number of aryl methyl sites for hydroxylation is 8. The van der Waals surface area contributed by atoms with Crippen LogP contribution in [-0.4, -0.2) is 0 Å². The molecule has 0 aliphatic heterocycles. The monoisotopic (exact) mass is 1650 g/mol. The molecule has 618 valence electrons. The normalized spacial score (nSPS) is 10.8. The largest absolute Gasteiger partial charge is 0.456 e. The molecule has 0 bridgehead atoms. The topological polar surface area (TPSA) is 26.3 Å². The van der Waals surface area contributed by atoms with Crippen molar-refractivity contribution in [3.8, 4) is 55.6 Å². The van der Waals surface area contributed by atoms with Gasteiger partial charge in [-0.25, -0.2) is 0 Å². The molecule has 2 nitrogen and oxygen atoms in total. The Bertz CT molecular complexity index is 7970. The first-order chi connectivity index (χ1) is 62.8. The fourth-order valence-electron chi connectivity index (χ4n) is 17.1. The Balaban J connectivity index is 0.000000103. The first-order valence-corrected chi connectivity index (χ1v) is 44.1. The van der Waals surface area contributed by atoms with Gasteiger partial charge in [-0.3, -0.25) is 0 Å². The quantitative estimate of drug-likeness (QED) is 0.161. The van der Waals surface area contributed by atoms with Gasteiger partial charge in [0.1, 0.15) is 22.3 Å². The smallest absolute Gasteiger partial charge is 0.138 e. The Labute approximate surface area is 751 Å². The molecule has 0 spiro atoms. The lowest BCUT2D eigenvalue weighted by Gasteiger charge is -2.09. The van der Waals surface area contributed by atoms with Gasteiger partial charge in [-0.05, 0) is 251 Å². The van der Waals surface area contributed by atoms with E-state index >= 15 is 0 Å². The predicted octanol–water partition coefficient (Wildman–Crippen LogP) is 36.2. The second-order valence-corrected chi connectivity index (χ2v) is 33.1. The number of rotatable bonds is 5. The van der Waals surface area contributed by atoms with Gasteiger partial charge >= 0.3 is 0 Å². The fourth-order valence-corrected chi connectivity index (χ4v) is 17.1. The molecule has 0 amide bonds. The van der Waals surface area contributed by atoms with Gasteiger partial charge in [0.2, 0.25) is 0 Å². The summed E-state index contributed by atoms with van der Waals surface area (Å²) in [5.74, 6) is 0. The molecule has 0 aliphatic carbocycles. The highest BCUT2D eigenvalue weighted by atomic mass is 16.3. The van der Waals surface area contributed by atoms with E-state index in [1.54, 1.807) is 0 Å². The van der Waals surface area contributed by atoms with E-state index in [0.717, 1.165) is 22.3 Å². The van der Waals surface area contributed by atoms with Gasteiger partial charge in [-0.2, -0.15) is 0 Å². The summed E-state index contributed by atoms with van der Waals surface area (Å²) in [6, 6.07) is 167. The van der Waals surface area contributed by atoms with Crippen molar-refractivity contribution in [1.29, 1.82) is 0 Å². The first-order valence-electron chi connectivity index (χ1n) is 44.1. The molecule has 2 heterocycles. The van der Waals surface area contributed by atoms with E-state index in [9.17, 15) is 0 Å². The predicted molar refractivity (Wildman–Crippen MR) is 554 cm³/mol. The average Bonchev–Trinajstić information content (AvgIpc) is 1.31. The van der Waals surface area contributed by atoms with Crippen LogP contribution in [0.5, 0.6) is 0 Å². The maximum atomic E-state index is 5.78. The van der Waals surface area contributed by atoms with Gasteiger partial charge in [-0.1, -0.05) is 453 Å². The summed E-state index contributed by atoms with van der Waals surface area (Å²) in [6.45, 7) is 17.0. The number of hydrogen-bond acceptors (Lipinski definition) is 2. The maximum Gasteiger partial charge on any atom is 0.138 e. The third-order valence-electron chi connectivity index (χ3n) is 23.9. The standard InChI is InChI=1S/5C17H14.C15H12.2C13H10O/c1-13-6-2-5-9-17(13)16-11-10-14-7-3-4-8-15(14)12-16;1-13-7-2-4-10-15(13)17-12-6-9-14-8-3-5-11-16(14)17;1-13-6-4-9-15(12-13)17-11-5-8-14-7-2-3-10-16(14)17;1-13-5-4-8-15(11-13)17-10-9-14-6-2-3-7-16(14)12-17;1-13-6-8-15(9-7-13)17-11-10-14-4-2-3-5-16(14)12-17;1-11-10-12-6-2-3-8-14(12)15-9-5-4-7-13(11)15;1-9-5-4-7-11-10-6-2-3-8-12(10)14-13(9)11;1-9-6-7-11-10-4-2-3-5-12(10)14-13(11)8-9/h5*2-12H,1H3;2-10H,1H3;2*2-8H,1H3. The molecule has 0 aliphatic rings. The Morgan fingerprint density at radius 1 is 0.133 bits per heavy atom. The summed E-state index contributed by atoms with van der Waals surface area (Å²) in [5, 5.41) is 23.2. The number of benzene rings is 22. The molecule has 0 atom stereocenters. The first kappa shape index (κ1) is 84.5. The molecule has 0 saturated carbocycles. The molecule has 0 fully saturated rings. The second-order valence-electron chi connectivity index (χ2n) is 33.1. The number of furan rings is 2. The number of fused-ring (bicyclic) bond motifs is 14. The van der Waals surface area contributed by atoms with Crippen LogP contribution >= 0.6 is 0 Å². The van der Waals surface area contributed by atoms with Crippen molar-refractivity contribution in [3.05, 3.63) is 518 Å². The Morgan fingerprint density at radius 2 is 0.477 bits per heavy atom. The summed E-state index contributed by atoms with van der Waals surface area (Å²) in [5.41, 5.74) is 27.2. The van der Waals surface area contributed by atoms with Crippen molar-refractivity contribution < 1.29 is 8.83 Å². The third-order valence-corrected chi connectivity index (χ3v) is 23.9. The van der Waals surface area contributed by atoms with Gasteiger partial charge in [0.25, 0.3) is 0 Å². The zero-order valence-electron chi connectivity index (χ0n) is 73.8. The minimum atomic E-state index is 0.966. The van der Waals surface area contributed by atoms with Crippen LogP contribution in [0.25, 0.3) is 175 Å². The van der Waals surface area contributed by atoms with E-state index in [0.29, 0.717) is 0 Å². The Kier molecular flexibility index (Phi) is 26.3. The molecule has 0 N–H and O–H groups in total. The molecular formula is C126H102O2. The van der Waals surface area contributed by atoms with Crippen molar-refractivity contribution >= 4 is 119 Å². The van der Waals surface area contributed by atoms with E-state index < -0.39 is 0 Å². The zero-order chi connectivity index (χ0) is 87.7. The van der Waals surface area contributed by atoms with Crippen molar-refractivity contribution in [2.75, 3.05) is 0 Å². The van der Waals surface area contributed by atoms with Crippen LogP contribution in [0.3, 0.4) is 0 Å². The Morgan fingerprint density at radius 3 is 1.06 bits per heavy atom. The van der Waals surface area contributed by atoms with Gasteiger partial charge < -0.3 is 8.83 Å². The number of hydrogen-bond donors (Lipinski definition) is 0. The van der Waals surface area contributed by atoms with Crippen LogP contribution in [0.4, 0.5) is 0 Å². The van der Waals surface area contributed by atoms with Gasteiger partial charge in [0.05, 0.1) is 0 Å². The molecule has 0 radical (unpaired) electrons. The van der Waals surface area contributed by atoms with Gasteiger partial charge in [0, 0.05) is 21.5 Å². The average molecular weight is 1650 g/mol. The van der Waals surface area contributed by atoms with Crippen molar-refractivity contribution in [2.24, 2.45) is 0 Å². The van der Waals surface area contributed by atoms with Crippen LogP contribution in [0, 0.1) is 55.4 Å². The minimum absolute atomic E-state index is 0.966. The van der Waals surface area contributed by atoms with Gasteiger partial charge in [-0.15, -0.1) is 0 Å². The Hall–Kier alpha value is -15.7. The van der Waals surface area contributed by atoms with Crippen LogP contribution in [0.15, 0.2) is 482 Å². The fraction of sp³-hybridized carbons (Fsp3) is 0.0635. The van der Waals surface area contributed by atoms with Crippen molar-refractivity contribution in [1.82, 2.24) is 0 Å². The van der Waals surface area contributed by atoms with Crippen LogP contribution in [0.1, 0.15) is 44.5 Å². The zero-order valence-corrected chi connectivity index (χ0v) is 73.8. The summed E-state index contributed by atoms with van der Waals surface area (Å²) in [4.78, 5) is 0. The molecule has 128 heavy (non-hydrogen) atoms. The van der Waals surface area contributed by atoms with E-state index in [2.05, 4.69) is 492 Å². The highest BCUT2D eigenvalue weighted by Crippen LogP contribution is 2.37. The van der Waals surface area contributed by atoms with E-state index in [4.69, 9.17) is 8.83 Å². The van der Waals surface area contributed by atoms with Crippen molar-refractivity contribution in [3.63, 3.8) is 0 Å². The minimum Gasteiger partial charge on any atom is -0.456 e. The van der Waals surface area contributed by atoms with Gasteiger partial charge in [0.15, 0.2) is 0 Å². The van der Waals surface area contributed by atoms with E-state index in [1.807, 2.05) is 36.4 Å². The lowest BCUT2D eigenvalue weighted by molar-refractivity contribution is 0.666. The van der Waals surface area contributed by atoms with Crippen LogP contribution < -0.4 is 0 Å². The molecule has 24 rings (SSSR count). The van der Waals surface area contributed by atoms with E-state index in [1.165, 1.54) is 197 Å². The maximum absolute atomic E-state index is 5.78. The van der Waals surface area contributed by atoms with Crippen LogP contribution in [-0.2, 0) is 0 Å². The molecule has 24 aromatic rings. The SMILES string of the molecule is Cc1cc2ccccc2c2ccccc12.Cc1ccc(-c2ccc3ccccc3c2)cc1.Cc1ccc2c(c1)oc1ccccc12.Cc1cccc(-c2ccc3ccccc3c2)c1.Cc1cccc(-c2cccc3ccccc23)c1.Cc1cccc2c1oc1ccccc12.Cc1ccccc1-c1ccc2ccccc2c1.Cc1ccccc1-c1cccc2ccccc12. The third kappa shape index (κ3) is 19.9. The lowest BCUT2D eigenvalue weighted by atomic mass is 9.95.